The third-order valence-corrected chi connectivity index (χ3v) is 3.28. The van der Waals surface area contributed by atoms with Gasteiger partial charge in [0, 0.05) is 34.8 Å². The molecule has 0 aromatic carbocycles. The molecule has 1 saturated heterocycles. The van der Waals surface area contributed by atoms with Gasteiger partial charge >= 0.3 is 6.03 Å². The van der Waals surface area contributed by atoms with E-state index in [-0.39, 0.29) is 5.91 Å². The Labute approximate surface area is 112 Å². The summed E-state index contributed by atoms with van der Waals surface area (Å²) in [7, 11) is 6.96. The van der Waals surface area contributed by atoms with Crippen LogP contribution in [0.15, 0.2) is 4.99 Å². The van der Waals surface area contributed by atoms with Crippen LogP contribution in [-0.4, -0.2) is 86.2 Å². The minimum Gasteiger partial charge on any atom is -0.383 e. The Bertz CT molecular complexity index is 423. The molecule has 3 amide bonds. The number of carbonyl (C=O) groups is 2. The van der Waals surface area contributed by atoms with Crippen molar-refractivity contribution in [2.45, 2.75) is 12.2 Å². The number of fused-ring (bicyclic) bond motifs is 1. The molecule has 2 heterocycles. The summed E-state index contributed by atoms with van der Waals surface area (Å²) in [6.07, 6.45) is -0.476. The van der Waals surface area contributed by atoms with Crippen LogP contribution in [0.2, 0.25) is 0 Å². The molecule has 8 nitrogen and oxygen atoms in total. The summed E-state index contributed by atoms with van der Waals surface area (Å²) in [5, 5.41) is 2.34. The first kappa shape index (κ1) is 13.6. The Kier molecular flexibility index (Phi) is 3.61. The van der Waals surface area contributed by atoms with E-state index in [4.69, 9.17) is 4.74 Å². The van der Waals surface area contributed by atoms with E-state index in [0.29, 0.717) is 19.1 Å². The van der Waals surface area contributed by atoms with Gasteiger partial charge in [-0.2, -0.15) is 0 Å². The van der Waals surface area contributed by atoms with Crippen molar-refractivity contribution < 1.29 is 14.3 Å². The zero-order valence-corrected chi connectivity index (χ0v) is 11.6. The molecule has 2 unspecified atom stereocenters. The smallest absolute Gasteiger partial charge is 0.325 e. The first-order valence-electron chi connectivity index (χ1n) is 6.05. The fourth-order valence-electron chi connectivity index (χ4n) is 2.31. The lowest BCUT2D eigenvalue weighted by atomic mass is 10.1. The number of guanidine groups is 1. The number of nitrogens with one attached hydrogen (secondary N) is 1. The van der Waals surface area contributed by atoms with Crippen LogP contribution in [0, 0.1) is 0 Å². The van der Waals surface area contributed by atoms with Gasteiger partial charge in [-0.15, -0.1) is 0 Å². The van der Waals surface area contributed by atoms with Crippen molar-refractivity contribution in [2.24, 2.45) is 4.99 Å². The average molecular weight is 269 g/mol. The summed E-state index contributed by atoms with van der Waals surface area (Å²) < 4.78 is 5.07. The molecule has 0 aromatic rings. The standard InChI is InChI=1S/C11H19N5O3/c1-14(2)10-12-8-7(16(10)5-6-19-4)9(17)13-11(18)15(8)3/h7-8H,5-6H2,1-4H3,(H,13,17,18). The molecular formula is C11H19N5O3. The summed E-state index contributed by atoms with van der Waals surface area (Å²) in [5.41, 5.74) is 0. The van der Waals surface area contributed by atoms with Gasteiger partial charge in [0.15, 0.2) is 18.2 Å². The molecule has 2 atom stereocenters. The topological polar surface area (TPSA) is 77.5 Å². The molecule has 1 fully saturated rings. The largest absolute Gasteiger partial charge is 0.383 e. The Morgan fingerprint density at radius 2 is 2.11 bits per heavy atom. The first-order valence-corrected chi connectivity index (χ1v) is 6.05. The number of aliphatic imine (C=N–C) groups is 1. The van der Waals surface area contributed by atoms with Gasteiger partial charge in [0.1, 0.15) is 0 Å². The summed E-state index contributed by atoms with van der Waals surface area (Å²) in [6, 6.07) is -0.906. The molecule has 1 N–H and O–H groups in total. The maximum absolute atomic E-state index is 12.0. The lowest BCUT2D eigenvalue weighted by Gasteiger charge is -2.36. The van der Waals surface area contributed by atoms with Gasteiger partial charge in [-0.05, 0) is 0 Å². The minimum atomic E-state index is -0.491. The Hall–Kier alpha value is -1.83. The van der Waals surface area contributed by atoms with Gasteiger partial charge in [-0.1, -0.05) is 0 Å². The number of hydrogen-bond acceptors (Lipinski definition) is 6. The van der Waals surface area contributed by atoms with Crippen LogP contribution < -0.4 is 5.32 Å². The minimum absolute atomic E-state index is 0.315. The fraction of sp³-hybridized carbons (Fsp3) is 0.727. The molecule has 0 radical (unpaired) electrons. The SMILES string of the molecule is COCCN1C(N(C)C)=NC2C1C(=O)NC(=O)N2C. The number of hydrogen-bond donors (Lipinski definition) is 1. The highest BCUT2D eigenvalue weighted by Gasteiger charge is 2.48. The number of carbonyl (C=O) groups excluding carboxylic acids is 2. The third-order valence-electron chi connectivity index (χ3n) is 3.28. The lowest BCUT2D eigenvalue weighted by molar-refractivity contribution is -0.127. The second-order valence-electron chi connectivity index (χ2n) is 4.77. The normalized spacial score (nSPS) is 26.2. The van der Waals surface area contributed by atoms with Crippen molar-refractivity contribution >= 4 is 17.9 Å². The number of rotatable bonds is 3. The number of ether oxygens (including phenoxy) is 1. The number of nitrogens with zero attached hydrogens (tertiary/aromatic N) is 4. The number of methoxy groups -OCH3 is 1. The zero-order chi connectivity index (χ0) is 14.2. The van der Waals surface area contributed by atoms with E-state index < -0.39 is 18.2 Å². The molecule has 19 heavy (non-hydrogen) atoms. The van der Waals surface area contributed by atoms with Crippen LogP contribution in [0.1, 0.15) is 0 Å². The third kappa shape index (κ3) is 2.23. The van der Waals surface area contributed by atoms with Crippen molar-refractivity contribution in [2.75, 3.05) is 41.4 Å². The van der Waals surface area contributed by atoms with Gasteiger partial charge in [0.2, 0.25) is 0 Å². The molecule has 0 spiro atoms. The van der Waals surface area contributed by atoms with E-state index in [2.05, 4.69) is 10.3 Å². The highest BCUT2D eigenvalue weighted by atomic mass is 16.5. The van der Waals surface area contributed by atoms with Crippen molar-refractivity contribution in [1.29, 1.82) is 0 Å². The van der Waals surface area contributed by atoms with Gasteiger partial charge < -0.3 is 19.4 Å². The van der Waals surface area contributed by atoms with Crippen molar-refractivity contribution in [3.8, 4) is 0 Å². The second kappa shape index (κ2) is 5.04. The van der Waals surface area contributed by atoms with Gasteiger partial charge in [-0.25, -0.2) is 9.79 Å². The molecule has 0 aliphatic carbocycles. The van der Waals surface area contributed by atoms with E-state index in [1.165, 1.54) is 4.90 Å². The molecule has 0 bridgehead atoms. The number of amides is 3. The molecule has 106 valence electrons. The maximum Gasteiger partial charge on any atom is 0.325 e. The lowest BCUT2D eigenvalue weighted by Crippen LogP contribution is -2.64. The molecule has 0 saturated carbocycles. The van der Waals surface area contributed by atoms with Crippen LogP contribution >= 0.6 is 0 Å². The van der Waals surface area contributed by atoms with Gasteiger partial charge in [0.25, 0.3) is 5.91 Å². The molecular weight excluding hydrogens is 250 g/mol. The average Bonchev–Trinajstić information content (AvgIpc) is 2.73. The van der Waals surface area contributed by atoms with Crippen LogP contribution in [0.5, 0.6) is 0 Å². The Morgan fingerprint density at radius 3 is 2.68 bits per heavy atom. The van der Waals surface area contributed by atoms with Crippen LogP contribution in [0.3, 0.4) is 0 Å². The Balaban J connectivity index is 2.29. The van der Waals surface area contributed by atoms with E-state index in [1.54, 1.807) is 14.2 Å². The second-order valence-corrected chi connectivity index (χ2v) is 4.77. The summed E-state index contributed by atoms with van der Waals surface area (Å²) >= 11 is 0. The van der Waals surface area contributed by atoms with Crippen molar-refractivity contribution in [3.05, 3.63) is 0 Å². The number of urea groups is 1. The zero-order valence-electron chi connectivity index (χ0n) is 11.6. The summed E-state index contributed by atoms with van der Waals surface area (Å²) in [5.74, 6) is 0.369. The highest BCUT2D eigenvalue weighted by molar-refractivity contribution is 6.03. The summed E-state index contributed by atoms with van der Waals surface area (Å²) in [6.45, 7) is 1.03. The first-order chi connectivity index (χ1) is 8.97. The molecule has 2 rings (SSSR count). The molecule has 8 heteroatoms. The Morgan fingerprint density at radius 1 is 1.42 bits per heavy atom. The fourth-order valence-corrected chi connectivity index (χ4v) is 2.31. The quantitative estimate of drug-likeness (QED) is 0.692. The van der Waals surface area contributed by atoms with E-state index in [1.807, 2.05) is 23.9 Å². The van der Waals surface area contributed by atoms with E-state index >= 15 is 0 Å². The molecule has 0 aromatic heterocycles. The molecule has 2 aliphatic rings. The van der Waals surface area contributed by atoms with Crippen LogP contribution in [0.25, 0.3) is 0 Å². The number of likely N-dealkylation sites (N-methyl/N-ethyl adjacent to an activating group) is 1. The predicted molar refractivity (Wildman–Crippen MR) is 68.6 cm³/mol. The number of imide groups is 1. The predicted octanol–water partition coefficient (Wildman–Crippen LogP) is -1.26. The van der Waals surface area contributed by atoms with Crippen molar-refractivity contribution in [1.82, 2.24) is 20.0 Å². The van der Waals surface area contributed by atoms with Crippen molar-refractivity contribution in [3.63, 3.8) is 0 Å². The van der Waals surface area contributed by atoms with Gasteiger partial charge in [-0.3, -0.25) is 10.1 Å². The maximum atomic E-state index is 12.0. The van der Waals surface area contributed by atoms with Crippen LogP contribution in [0.4, 0.5) is 4.79 Å². The summed E-state index contributed by atoms with van der Waals surface area (Å²) in [4.78, 5) is 33.3. The molecule has 2 aliphatic heterocycles. The van der Waals surface area contributed by atoms with Crippen LogP contribution in [-0.2, 0) is 9.53 Å². The van der Waals surface area contributed by atoms with E-state index in [9.17, 15) is 9.59 Å². The highest BCUT2D eigenvalue weighted by Crippen LogP contribution is 2.24. The van der Waals surface area contributed by atoms with Gasteiger partial charge in [0.05, 0.1) is 6.61 Å². The monoisotopic (exact) mass is 269 g/mol. The van der Waals surface area contributed by atoms with E-state index in [0.717, 1.165) is 0 Å².